The molecule has 5 nitrogen and oxygen atoms in total. The molecule has 0 atom stereocenters. The van der Waals surface area contributed by atoms with E-state index in [-0.39, 0.29) is 5.56 Å². The minimum atomic E-state index is -0.977. The van der Waals surface area contributed by atoms with Gasteiger partial charge in [0.2, 0.25) is 0 Å². The zero-order valence-corrected chi connectivity index (χ0v) is 13.1. The first kappa shape index (κ1) is 14.0. The maximum absolute atomic E-state index is 10.8. The highest BCUT2D eigenvalue weighted by Gasteiger charge is 2.09. The smallest absolute Gasteiger partial charge is 0.338 e. The highest BCUT2D eigenvalue weighted by Crippen LogP contribution is 2.24. The number of halogens is 1. The second kappa shape index (κ2) is 5.79. The van der Waals surface area contributed by atoms with Crippen LogP contribution >= 0.6 is 27.3 Å². The van der Waals surface area contributed by atoms with Gasteiger partial charge in [0.1, 0.15) is 5.01 Å². The van der Waals surface area contributed by atoms with E-state index >= 15 is 0 Å². The van der Waals surface area contributed by atoms with Crippen LogP contribution in [0.5, 0.6) is 0 Å². The predicted molar refractivity (Wildman–Crippen MR) is 83.5 cm³/mol. The first-order chi connectivity index (χ1) is 10.1. The molecule has 0 aliphatic carbocycles. The molecule has 2 heterocycles. The number of aromatic nitrogens is 3. The molecule has 0 spiro atoms. The van der Waals surface area contributed by atoms with Crippen LogP contribution < -0.4 is 0 Å². The predicted octanol–water partition coefficient (Wildman–Crippen LogP) is 3.52. The van der Waals surface area contributed by atoms with Gasteiger partial charge in [0.25, 0.3) is 0 Å². The van der Waals surface area contributed by atoms with E-state index in [1.54, 1.807) is 4.68 Å². The maximum Gasteiger partial charge on any atom is 0.338 e. The Morgan fingerprint density at radius 2 is 2.29 bits per heavy atom. The van der Waals surface area contributed by atoms with Crippen LogP contribution in [0.3, 0.4) is 0 Å². The Labute approximate surface area is 133 Å². The average Bonchev–Trinajstić information content (AvgIpc) is 3.08. The molecule has 0 aliphatic heterocycles. The second-order valence-corrected chi connectivity index (χ2v) is 6.23. The summed E-state index contributed by atoms with van der Waals surface area (Å²) in [7, 11) is 0. The van der Waals surface area contributed by atoms with Crippen molar-refractivity contribution in [1.82, 2.24) is 14.8 Å². The van der Waals surface area contributed by atoms with Gasteiger partial charge in [0, 0.05) is 21.6 Å². The molecule has 7 heteroatoms. The maximum atomic E-state index is 10.8. The molecule has 3 rings (SSSR count). The van der Waals surface area contributed by atoms with Gasteiger partial charge in [-0.15, -0.1) is 11.3 Å². The summed E-state index contributed by atoms with van der Waals surface area (Å²) in [5.41, 5.74) is 2.12. The number of carbonyl (C=O) groups is 1. The van der Waals surface area contributed by atoms with Crippen molar-refractivity contribution >= 4 is 33.2 Å². The van der Waals surface area contributed by atoms with Crippen LogP contribution in [-0.4, -0.2) is 25.8 Å². The van der Waals surface area contributed by atoms with Gasteiger partial charge in [0.15, 0.2) is 0 Å². The summed E-state index contributed by atoms with van der Waals surface area (Å²) in [6, 6.07) is 7.94. The van der Waals surface area contributed by atoms with Crippen molar-refractivity contribution in [3.63, 3.8) is 0 Å². The summed E-state index contributed by atoms with van der Waals surface area (Å²) >= 11 is 4.97. The first-order valence-electron chi connectivity index (χ1n) is 6.08. The largest absolute Gasteiger partial charge is 0.478 e. The molecular formula is C14H10BrN3O2S. The monoisotopic (exact) mass is 363 g/mol. The van der Waals surface area contributed by atoms with Gasteiger partial charge >= 0.3 is 5.97 Å². The molecule has 0 fully saturated rings. The number of hydrogen-bond donors (Lipinski definition) is 1. The lowest BCUT2D eigenvalue weighted by Gasteiger charge is -1.98. The van der Waals surface area contributed by atoms with Gasteiger partial charge in [0.05, 0.1) is 24.0 Å². The van der Waals surface area contributed by atoms with Crippen LogP contribution in [0.2, 0.25) is 0 Å². The lowest BCUT2D eigenvalue weighted by atomic mass is 10.2. The molecule has 21 heavy (non-hydrogen) atoms. The fourth-order valence-corrected chi connectivity index (χ4v) is 3.06. The molecule has 3 aromatic rings. The van der Waals surface area contributed by atoms with Crippen LogP contribution in [0.15, 0.2) is 46.5 Å². The number of thiazole rings is 1. The molecule has 0 amide bonds. The first-order valence-corrected chi connectivity index (χ1v) is 7.75. The van der Waals surface area contributed by atoms with Gasteiger partial charge in [-0.1, -0.05) is 28.1 Å². The molecule has 0 saturated heterocycles. The van der Waals surface area contributed by atoms with Gasteiger partial charge in [-0.25, -0.2) is 9.78 Å². The number of rotatable bonds is 4. The fraction of sp³-hybridized carbons (Fsp3) is 0.0714. The van der Waals surface area contributed by atoms with E-state index in [0.717, 1.165) is 20.7 Å². The SMILES string of the molecule is O=C(O)c1cnn(Cc2nc(-c3cccc(Br)c3)cs2)c1. The normalized spacial score (nSPS) is 10.7. The van der Waals surface area contributed by atoms with Crippen LogP contribution in [0.25, 0.3) is 11.3 Å². The van der Waals surface area contributed by atoms with E-state index < -0.39 is 5.97 Å². The number of hydrogen-bond acceptors (Lipinski definition) is 4. The molecule has 0 saturated carbocycles. The Morgan fingerprint density at radius 1 is 1.43 bits per heavy atom. The summed E-state index contributed by atoms with van der Waals surface area (Å²) in [5, 5.41) is 15.8. The molecule has 2 aromatic heterocycles. The molecule has 106 valence electrons. The van der Waals surface area contributed by atoms with E-state index in [4.69, 9.17) is 5.11 Å². The van der Waals surface area contributed by atoms with Crippen molar-refractivity contribution in [3.8, 4) is 11.3 Å². The van der Waals surface area contributed by atoms with Gasteiger partial charge < -0.3 is 5.11 Å². The summed E-state index contributed by atoms with van der Waals surface area (Å²) in [5.74, 6) is -0.977. The van der Waals surface area contributed by atoms with Gasteiger partial charge in [-0.3, -0.25) is 4.68 Å². The Bertz CT molecular complexity index is 797. The Morgan fingerprint density at radius 3 is 3.00 bits per heavy atom. The number of aromatic carboxylic acids is 1. The lowest BCUT2D eigenvalue weighted by Crippen LogP contribution is -2.00. The van der Waals surface area contributed by atoms with Crippen molar-refractivity contribution < 1.29 is 9.90 Å². The van der Waals surface area contributed by atoms with Crippen molar-refractivity contribution in [3.05, 3.63) is 57.1 Å². The van der Waals surface area contributed by atoms with E-state index in [0.29, 0.717) is 6.54 Å². The van der Waals surface area contributed by atoms with Crippen molar-refractivity contribution in [1.29, 1.82) is 0 Å². The van der Waals surface area contributed by atoms with Gasteiger partial charge in [-0.05, 0) is 12.1 Å². The average molecular weight is 364 g/mol. The number of carboxylic acids is 1. The van der Waals surface area contributed by atoms with Crippen LogP contribution in [0, 0.1) is 0 Å². The highest BCUT2D eigenvalue weighted by atomic mass is 79.9. The highest BCUT2D eigenvalue weighted by molar-refractivity contribution is 9.10. The fourth-order valence-electron chi connectivity index (χ4n) is 1.86. The van der Waals surface area contributed by atoms with Gasteiger partial charge in [-0.2, -0.15) is 5.10 Å². The van der Waals surface area contributed by atoms with E-state index in [1.165, 1.54) is 23.7 Å². The third kappa shape index (κ3) is 3.20. The Kier molecular flexibility index (Phi) is 3.85. The topological polar surface area (TPSA) is 68.0 Å². The van der Waals surface area contributed by atoms with Crippen molar-refractivity contribution in [2.75, 3.05) is 0 Å². The number of carboxylic acid groups (broad SMARTS) is 1. The third-order valence-corrected chi connectivity index (χ3v) is 4.18. The third-order valence-electron chi connectivity index (χ3n) is 2.85. The number of benzene rings is 1. The standard InChI is InChI=1S/C14H10BrN3O2S/c15-11-3-1-2-9(4-11)12-8-21-13(17-12)7-18-6-10(5-16-18)14(19)20/h1-6,8H,7H2,(H,19,20). The summed E-state index contributed by atoms with van der Waals surface area (Å²) in [4.78, 5) is 15.4. The summed E-state index contributed by atoms with van der Waals surface area (Å²) in [6.45, 7) is 0.464. The lowest BCUT2D eigenvalue weighted by molar-refractivity contribution is 0.0697. The summed E-state index contributed by atoms with van der Waals surface area (Å²) < 4.78 is 2.58. The van der Waals surface area contributed by atoms with E-state index in [2.05, 4.69) is 26.0 Å². The zero-order chi connectivity index (χ0) is 14.8. The second-order valence-electron chi connectivity index (χ2n) is 4.37. The number of nitrogens with zero attached hydrogens (tertiary/aromatic N) is 3. The minimum absolute atomic E-state index is 0.179. The summed E-state index contributed by atoms with van der Waals surface area (Å²) in [6.07, 6.45) is 2.84. The van der Waals surface area contributed by atoms with Crippen molar-refractivity contribution in [2.45, 2.75) is 6.54 Å². The van der Waals surface area contributed by atoms with Crippen LogP contribution in [-0.2, 0) is 6.54 Å². The quantitative estimate of drug-likeness (QED) is 0.769. The zero-order valence-electron chi connectivity index (χ0n) is 10.7. The molecule has 1 aromatic carbocycles. The molecule has 0 unspecified atom stereocenters. The van der Waals surface area contributed by atoms with Crippen LogP contribution in [0.4, 0.5) is 0 Å². The Balaban J connectivity index is 1.80. The molecule has 0 aliphatic rings. The molecular weight excluding hydrogens is 354 g/mol. The molecule has 0 radical (unpaired) electrons. The van der Waals surface area contributed by atoms with E-state index in [9.17, 15) is 4.79 Å². The minimum Gasteiger partial charge on any atom is -0.478 e. The molecule has 0 bridgehead atoms. The van der Waals surface area contributed by atoms with E-state index in [1.807, 2.05) is 29.6 Å². The van der Waals surface area contributed by atoms with Crippen molar-refractivity contribution in [2.24, 2.45) is 0 Å². The van der Waals surface area contributed by atoms with Crippen LogP contribution in [0.1, 0.15) is 15.4 Å². The Hall–Kier alpha value is -1.99. The molecule has 1 N–H and O–H groups in total.